The highest BCUT2D eigenvalue weighted by molar-refractivity contribution is 7.99. The zero-order valence-electron chi connectivity index (χ0n) is 14.6. The van der Waals surface area contributed by atoms with E-state index in [-0.39, 0.29) is 11.0 Å². The van der Waals surface area contributed by atoms with Crippen LogP contribution in [-0.4, -0.2) is 11.5 Å². The second kappa shape index (κ2) is 11.1. The van der Waals surface area contributed by atoms with Crippen LogP contribution >= 0.6 is 11.8 Å². The zero-order chi connectivity index (χ0) is 17.0. The Hall–Kier alpha value is -1.54. The third-order valence-corrected chi connectivity index (χ3v) is 5.57. The van der Waals surface area contributed by atoms with E-state index in [0.29, 0.717) is 6.42 Å². The number of carbonyl (C=O) groups excluding carboxylic acids is 1. The predicted molar refractivity (Wildman–Crippen MR) is 106 cm³/mol. The van der Waals surface area contributed by atoms with Crippen molar-refractivity contribution in [1.82, 2.24) is 0 Å². The molecule has 0 amide bonds. The molecular formula is C22H28OS. The van der Waals surface area contributed by atoms with E-state index in [9.17, 15) is 4.79 Å². The summed E-state index contributed by atoms with van der Waals surface area (Å²) in [5.41, 5.74) is 2.09. The molecule has 2 aromatic rings. The van der Waals surface area contributed by atoms with E-state index in [4.69, 9.17) is 0 Å². The number of thioether (sulfide) groups is 1. The first-order valence-electron chi connectivity index (χ1n) is 9.06. The fourth-order valence-electron chi connectivity index (χ4n) is 2.78. The van der Waals surface area contributed by atoms with Crippen molar-refractivity contribution in [1.29, 1.82) is 0 Å². The highest BCUT2D eigenvalue weighted by atomic mass is 32.2. The van der Waals surface area contributed by atoms with Gasteiger partial charge >= 0.3 is 0 Å². The second-order valence-electron chi connectivity index (χ2n) is 6.18. The van der Waals surface area contributed by atoms with Crippen molar-refractivity contribution >= 4 is 17.5 Å². The molecule has 0 radical (unpaired) electrons. The first-order chi connectivity index (χ1) is 11.8. The Labute approximate surface area is 150 Å². The molecule has 0 aliphatic rings. The second-order valence-corrected chi connectivity index (χ2v) is 7.49. The number of rotatable bonds is 11. The first kappa shape index (κ1) is 18.8. The standard InChI is InChI=1S/C22H28OS/c1-2-3-4-5-12-17-24-22(20-15-10-7-11-16-20)18-21(23)19-13-8-6-9-14-19/h6-11,13-16,22H,2-5,12,17-18H2,1H3. The molecule has 24 heavy (non-hydrogen) atoms. The van der Waals surface area contributed by atoms with E-state index in [1.54, 1.807) is 0 Å². The predicted octanol–water partition coefficient (Wildman–Crippen LogP) is 6.70. The molecule has 0 spiro atoms. The van der Waals surface area contributed by atoms with Crippen LogP contribution in [-0.2, 0) is 0 Å². The Morgan fingerprint density at radius 2 is 1.50 bits per heavy atom. The van der Waals surface area contributed by atoms with Crippen molar-refractivity contribution in [2.75, 3.05) is 5.75 Å². The Morgan fingerprint density at radius 3 is 2.17 bits per heavy atom. The maximum Gasteiger partial charge on any atom is 0.164 e. The van der Waals surface area contributed by atoms with Gasteiger partial charge in [-0.2, -0.15) is 11.8 Å². The van der Waals surface area contributed by atoms with Crippen molar-refractivity contribution in [2.24, 2.45) is 0 Å². The average Bonchev–Trinajstić information content (AvgIpc) is 2.65. The minimum absolute atomic E-state index is 0.239. The number of hydrogen-bond acceptors (Lipinski definition) is 2. The molecule has 128 valence electrons. The molecule has 0 aliphatic carbocycles. The van der Waals surface area contributed by atoms with Crippen LogP contribution in [0.2, 0.25) is 0 Å². The van der Waals surface area contributed by atoms with Gasteiger partial charge in [0.1, 0.15) is 0 Å². The zero-order valence-corrected chi connectivity index (χ0v) is 15.4. The Kier molecular flexibility index (Phi) is 8.69. The van der Waals surface area contributed by atoms with Gasteiger partial charge in [0.05, 0.1) is 0 Å². The normalized spacial score (nSPS) is 12.0. The van der Waals surface area contributed by atoms with E-state index in [1.807, 2.05) is 48.2 Å². The minimum Gasteiger partial charge on any atom is -0.294 e. The quantitative estimate of drug-likeness (QED) is 0.334. The lowest BCUT2D eigenvalue weighted by atomic mass is 10.0. The summed E-state index contributed by atoms with van der Waals surface area (Å²) in [5.74, 6) is 1.37. The van der Waals surface area contributed by atoms with Crippen LogP contribution in [0.5, 0.6) is 0 Å². The van der Waals surface area contributed by atoms with Crippen molar-refractivity contribution in [3.63, 3.8) is 0 Å². The van der Waals surface area contributed by atoms with Gasteiger partial charge in [-0.1, -0.05) is 93.3 Å². The van der Waals surface area contributed by atoms with Crippen LogP contribution < -0.4 is 0 Å². The molecule has 0 bridgehead atoms. The van der Waals surface area contributed by atoms with Crippen LogP contribution in [0.1, 0.15) is 66.6 Å². The summed E-state index contributed by atoms with van der Waals surface area (Å²) in [7, 11) is 0. The smallest absolute Gasteiger partial charge is 0.164 e. The molecule has 0 aliphatic heterocycles. The Morgan fingerprint density at radius 1 is 0.875 bits per heavy atom. The highest BCUT2D eigenvalue weighted by Gasteiger charge is 2.17. The molecule has 0 saturated heterocycles. The van der Waals surface area contributed by atoms with Crippen molar-refractivity contribution in [3.8, 4) is 0 Å². The molecule has 0 fully saturated rings. The summed E-state index contributed by atoms with van der Waals surface area (Å²) < 4.78 is 0. The number of ketones is 1. The van der Waals surface area contributed by atoms with Gasteiger partial charge in [-0.15, -0.1) is 0 Å². The molecular weight excluding hydrogens is 312 g/mol. The summed E-state index contributed by atoms with van der Waals surface area (Å²) in [4.78, 5) is 12.6. The molecule has 0 heterocycles. The molecule has 1 nitrogen and oxygen atoms in total. The maximum atomic E-state index is 12.6. The van der Waals surface area contributed by atoms with Crippen molar-refractivity contribution in [3.05, 3.63) is 71.8 Å². The van der Waals surface area contributed by atoms with Crippen LogP contribution in [0.4, 0.5) is 0 Å². The molecule has 2 heteroatoms. The maximum absolute atomic E-state index is 12.6. The summed E-state index contributed by atoms with van der Waals surface area (Å²) in [5, 5.41) is 0.255. The lowest BCUT2D eigenvalue weighted by Crippen LogP contribution is -2.06. The third kappa shape index (κ3) is 6.52. The van der Waals surface area contributed by atoms with E-state index in [0.717, 1.165) is 11.3 Å². The number of carbonyl (C=O) groups is 1. The molecule has 2 rings (SSSR count). The molecule has 1 unspecified atom stereocenters. The van der Waals surface area contributed by atoms with E-state index in [2.05, 4.69) is 31.2 Å². The average molecular weight is 341 g/mol. The van der Waals surface area contributed by atoms with Gasteiger partial charge in [0.2, 0.25) is 0 Å². The molecule has 0 N–H and O–H groups in total. The lowest BCUT2D eigenvalue weighted by molar-refractivity contribution is 0.0982. The van der Waals surface area contributed by atoms with Gasteiger partial charge < -0.3 is 0 Å². The third-order valence-electron chi connectivity index (χ3n) is 4.20. The number of Topliss-reactive ketones (excluding diaryl/α,β-unsaturated/α-hetero) is 1. The highest BCUT2D eigenvalue weighted by Crippen LogP contribution is 2.34. The van der Waals surface area contributed by atoms with Crippen molar-refractivity contribution in [2.45, 2.75) is 50.7 Å². The van der Waals surface area contributed by atoms with Crippen LogP contribution in [0.15, 0.2) is 60.7 Å². The van der Waals surface area contributed by atoms with Gasteiger partial charge in [-0.3, -0.25) is 4.79 Å². The van der Waals surface area contributed by atoms with Gasteiger partial charge in [-0.05, 0) is 17.7 Å². The first-order valence-corrected chi connectivity index (χ1v) is 10.1. The van der Waals surface area contributed by atoms with Crippen LogP contribution in [0, 0.1) is 0 Å². The molecule has 2 aromatic carbocycles. The number of unbranched alkanes of at least 4 members (excludes halogenated alkanes) is 4. The van der Waals surface area contributed by atoms with Gasteiger partial charge in [-0.25, -0.2) is 0 Å². The van der Waals surface area contributed by atoms with Gasteiger partial charge in [0.15, 0.2) is 5.78 Å². The monoisotopic (exact) mass is 340 g/mol. The summed E-state index contributed by atoms with van der Waals surface area (Å²) in [6.45, 7) is 2.25. The van der Waals surface area contributed by atoms with Gasteiger partial charge in [0.25, 0.3) is 0 Å². The fraction of sp³-hybridized carbons (Fsp3) is 0.409. The fourth-order valence-corrected chi connectivity index (χ4v) is 4.06. The van der Waals surface area contributed by atoms with Crippen LogP contribution in [0.3, 0.4) is 0 Å². The molecule has 0 saturated carbocycles. The van der Waals surface area contributed by atoms with Crippen molar-refractivity contribution < 1.29 is 4.79 Å². The van der Waals surface area contributed by atoms with E-state index < -0.39 is 0 Å². The topological polar surface area (TPSA) is 17.1 Å². The lowest BCUT2D eigenvalue weighted by Gasteiger charge is -2.16. The van der Waals surface area contributed by atoms with E-state index >= 15 is 0 Å². The molecule has 1 atom stereocenters. The summed E-state index contributed by atoms with van der Waals surface area (Å²) in [6, 6.07) is 20.1. The number of hydrogen-bond donors (Lipinski definition) is 0. The Bertz CT molecular complexity index is 579. The van der Waals surface area contributed by atoms with E-state index in [1.165, 1.54) is 37.7 Å². The minimum atomic E-state index is 0.239. The van der Waals surface area contributed by atoms with Crippen LogP contribution in [0.25, 0.3) is 0 Å². The summed E-state index contributed by atoms with van der Waals surface area (Å²) in [6.07, 6.45) is 7.07. The molecule has 0 aromatic heterocycles. The summed E-state index contributed by atoms with van der Waals surface area (Å²) >= 11 is 1.93. The van der Waals surface area contributed by atoms with Gasteiger partial charge in [0, 0.05) is 17.2 Å². The SMILES string of the molecule is CCCCCCCSC(CC(=O)c1ccccc1)c1ccccc1. The largest absolute Gasteiger partial charge is 0.294 e. The Balaban J connectivity index is 1.92. The number of benzene rings is 2.